The van der Waals surface area contributed by atoms with Crippen LogP contribution in [-0.4, -0.2) is 22.7 Å². The molecular formula is C29H33ClF4N2O2. The van der Waals surface area contributed by atoms with Gasteiger partial charge in [0.25, 0.3) is 0 Å². The molecule has 0 aliphatic heterocycles. The molecule has 2 aromatic rings. The number of nitrogens with zero attached hydrogens (tertiary/aromatic N) is 2. The summed E-state index contributed by atoms with van der Waals surface area (Å²) in [5, 5.41) is 0.0319. The Labute approximate surface area is 226 Å². The first-order valence-electron chi connectivity index (χ1n) is 12.1. The minimum absolute atomic E-state index is 0.0319. The minimum Gasteiger partial charge on any atom is -0.472 e. The van der Waals surface area contributed by atoms with Gasteiger partial charge in [-0.15, -0.1) is 0 Å². The molecule has 0 saturated carbocycles. The number of allylic oxidation sites excluding steroid dienone is 8. The molecule has 0 radical (unpaired) electrons. The molecular weight excluding hydrogens is 520 g/mol. The van der Waals surface area contributed by atoms with Gasteiger partial charge in [-0.2, -0.15) is 13.2 Å². The molecule has 0 bridgehead atoms. The third-order valence-corrected chi connectivity index (χ3v) is 5.31. The van der Waals surface area contributed by atoms with Crippen LogP contribution >= 0.6 is 11.6 Å². The second-order valence-electron chi connectivity index (χ2n) is 8.17. The zero-order chi connectivity index (χ0) is 28.9. The number of rotatable bonds is 9. The summed E-state index contributed by atoms with van der Waals surface area (Å²) in [6.45, 7) is 9.53. The van der Waals surface area contributed by atoms with Gasteiger partial charge in [0.2, 0.25) is 0 Å². The van der Waals surface area contributed by atoms with E-state index in [2.05, 4.69) is 29.9 Å². The smallest absolute Gasteiger partial charge is 0.418 e. The van der Waals surface area contributed by atoms with E-state index in [1.54, 1.807) is 25.3 Å². The van der Waals surface area contributed by atoms with Gasteiger partial charge in [-0.25, -0.2) is 9.38 Å². The Hall–Kier alpha value is -3.26. The number of carbonyl (C=O) groups excluding carboxylic acids is 1. The molecule has 38 heavy (non-hydrogen) atoms. The highest BCUT2D eigenvalue weighted by Crippen LogP contribution is 2.31. The lowest BCUT2D eigenvalue weighted by Gasteiger charge is -2.13. The van der Waals surface area contributed by atoms with Gasteiger partial charge >= 0.3 is 6.18 Å². The van der Waals surface area contributed by atoms with Gasteiger partial charge in [-0.3, -0.25) is 9.78 Å². The Balaban J connectivity index is 0.000000437. The number of aromatic nitrogens is 1. The monoisotopic (exact) mass is 552 g/mol. The Morgan fingerprint density at radius 3 is 2.32 bits per heavy atom. The van der Waals surface area contributed by atoms with E-state index >= 15 is 0 Å². The zero-order valence-corrected chi connectivity index (χ0v) is 23.2. The lowest BCUT2D eigenvalue weighted by atomic mass is 10.0. The quantitative estimate of drug-likeness (QED) is 0.135. The molecule has 2 rings (SSSR count). The van der Waals surface area contributed by atoms with Gasteiger partial charge in [-0.05, 0) is 69.0 Å². The molecule has 0 fully saturated rings. The molecule has 2 aromatic heterocycles. The Bertz CT molecular complexity index is 1220. The van der Waals surface area contributed by atoms with Gasteiger partial charge < -0.3 is 4.42 Å². The Kier molecular flexibility index (Phi) is 13.7. The van der Waals surface area contributed by atoms with Crippen LogP contribution in [0.15, 0.2) is 80.9 Å². The van der Waals surface area contributed by atoms with E-state index < -0.39 is 17.5 Å². The molecule has 0 N–H and O–H groups in total. The number of carbonyl (C=O) groups is 1. The van der Waals surface area contributed by atoms with Crippen molar-refractivity contribution in [3.8, 4) is 0 Å². The summed E-state index contributed by atoms with van der Waals surface area (Å²) in [6.07, 6.45) is 7.07. The second kappa shape index (κ2) is 15.9. The maximum Gasteiger partial charge on any atom is 0.418 e. The SMILES string of the molecule is CC/C=C(\CCC)c1ncccc1F.C\C=C(/C=C(\C(C)=N\C(C(C)=O)=C(/C)Cl)C(F)(F)F)c1ccoc1. The van der Waals surface area contributed by atoms with Crippen LogP contribution < -0.4 is 0 Å². The van der Waals surface area contributed by atoms with Gasteiger partial charge in [0.15, 0.2) is 5.78 Å². The standard InChI is InChI=1S/C17H17ClF3NO2.C12H16FN/c1-5-13(14-6-7-24-9-14)8-15(17(19,20)21)11(3)22-16(10(2)18)12(4)23;1-3-6-10(7-4-2)12-11(13)8-5-9-14-12/h5-9H,1-4H3;5-6,8-9H,3-4,7H2,1-2H3/b13-5+,15-8+,16-10+,22-11+;10-6+. The highest BCUT2D eigenvalue weighted by Gasteiger charge is 2.36. The predicted octanol–water partition coefficient (Wildman–Crippen LogP) is 9.51. The number of pyridine rings is 1. The lowest BCUT2D eigenvalue weighted by Crippen LogP contribution is -2.19. The number of hydrogen-bond acceptors (Lipinski definition) is 4. The third kappa shape index (κ3) is 10.2. The molecule has 0 amide bonds. The molecule has 0 atom stereocenters. The molecule has 206 valence electrons. The fourth-order valence-electron chi connectivity index (χ4n) is 3.39. The van der Waals surface area contributed by atoms with Crippen LogP contribution in [-0.2, 0) is 4.79 Å². The van der Waals surface area contributed by atoms with Crippen LogP contribution in [0.4, 0.5) is 17.6 Å². The topological polar surface area (TPSA) is 55.5 Å². The fourth-order valence-corrected chi connectivity index (χ4v) is 3.57. The van der Waals surface area contributed by atoms with E-state index in [0.717, 1.165) is 30.9 Å². The van der Waals surface area contributed by atoms with Crippen molar-refractivity contribution in [3.05, 3.63) is 88.5 Å². The van der Waals surface area contributed by atoms with Crippen molar-refractivity contribution < 1.29 is 26.8 Å². The van der Waals surface area contributed by atoms with E-state index in [4.69, 9.17) is 16.0 Å². The molecule has 4 nitrogen and oxygen atoms in total. The van der Waals surface area contributed by atoms with Crippen molar-refractivity contribution in [3.63, 3.8) is 0 Å². The lowest BCUT2D eigenvalue weighted by molar-refractivity contribution is -0.113. The van der Waals surface area contributed by atoms with Crippen LogP contribution in [0.25, 0.3) is 11.1 Å². The Morgan fingerprint density at radius 1 is 1.18 bits per heavy atom. The summed E-state index contributed by atoms with van der Waals surface area (Å²) in [5.41, 5.74) is 0.840. The maximum absolute atomic E-state index is 13.4. The van der Waals surface area contributed by atoms with E-state index in [-0.39, 0.29) is 22.3 Å². The average Bonchev–Trinajstić information content (AvgIpc) is 3.37. The Morgan fingerprint density at radius 2 is 1.87 bits per heavy atom. The first-order valence-corrected chi connectivity index (χ1v) is 12.5. The molecule has 2 heterocycles. The van der Waals surface area contributed by atoms with Crippen molar-refractivity contribution >= 4 is 34.2 Å². The fraction of sp³-hybridized carbons (Fsp3) is 0.345. The summed E-state index contributed by atoms with van der Waals surface area (Å²) < 4.78 is 58.6. The van der Waals surface area contributed by atoms with Crippen molar-refractivity contribution in [2.24, 2.45) is 4.99 Å². The third-order valence-electron chi connectivity index (χ3n) is 5.13. The maximum atomic E-state index is 13.4. The van der Waals surface area contributed by atoms with Crippen molar-refractivity contribution in [2.75, 3.05) is 0 Å². The number of aliphatic imine (C=N–C) groups is 1. The molecule has 0 saturated heterocycles. The van der Waals surface area contributed by atoms with E-state index in [1.165, 1.54) is 45.4 Å². The largest absolute Gasteiger partial charge is 0.472 e. The van der Waals surface area contributed by atoms with Gasteiger partial charge in [0, 0.05) is 23.7 Å². The molecule has 9 heteroatoms. The second-order valence-corrected chi connectivity index (χ2v) is 8.74. The summed E-state index contributed by atoms with van der Waals surface area (Å²) in [6, 6.07) is 4.63. The number of alkyl halides is 3. The summed E-state index contributed by atoms with van der Waals surface area (Å²) in [5.74, 6) is -0.731. The van der Waals surface area contributed by atoms with Crippen LogP contribution in [0.3, 0.4) is 0 Å². The molecule has 0 aliphatic rings. The molecule has 0 spiro atoms. The summed E-state index contributed by atoms with van der Waals surface area (Å²) in [4.78, 5) is 19.3. The van der Waals surface area contributed by atoms with Gasteiger partial charge in [0.05, 0.1) is 23.8 Å². The predicted molar refractivity (Wildman–Crippen MR) is 146 cm³/mol. The van der Waals surface area contributed by atoms with E-state index in [9.17, 15) is 22.4 Å². The minimum atomic E-state index is -4.65. The average molecular weight is 553 g/mol. The van der Waals surface area contributed by atoms with Crippen LogP contribution in [0.2, 0.25) is 0 Å². The van der Waals surface area contributed by atoms with Crippen molar-refractivity contribution in [1.82, 2.24) is 4.98 Å². The molecule has 0 aliphatic carbocycles. The number of furan rings is 1. The number of ketones is 1. The normalized spacial score (nSPS) is 14.1. The van der Waals surface area contributed by atoms with Crippen molar-refractivity contribution in [2.45, 2.75) is 67.0 Å². The van der Waals surface area contributed by atoms with Crippen molar-refractivity contribution in [1.29, 1.82) is 0 Å². The van der Waals surface area contributed by atoms with Gasteiger partial charge in [0.1, 0.15) is 17.2 Å². The number of Topliss-reactive ketones (excluding diaryl/α,β-unsaturated/α-hetero) is 1. The van der Waals surface area contributed by atoms with E-state index in [1.807, 2.05) is 0 Å². The van der Waals surface area contributed by atoms with Crippen LogP contribution in [0.5, 0.6) is 0 Å². The summed E-state index contributed by atoms with van der Waals surface area (Å²) in [7, 11) is 0. The summed E-state index contributed by atoms with van der Waals surface area (Å²) >= 11 is 5.74. The zero-order valence-electron chi connectivity index (χ0n) is 22.4. The highest BCUT2D eigenvalue weighted by atomic mass is 35.5. The van der Waals surface area contributed by atoms with E-state index in [0.29, 0.717) is 16.8 Å². The number of halogens is 5. The first kappa shape index (κ1) is 32.8. The molecule has 0 aromatic carbocycles. The van der Waals surface area contributed by atoms with Crippen LogP contribution in [0.1, 0.15) is 72.1 Å². The number of hydrogen-bond donors (Lipinski definition) is 0. The van der Waals surface area contributed by atoms with Crippen LogP contribution in [0, 0.1) is 5.82 Å². The van der Waals surface area contributed by atoms with Gasteiger partial charge in [-0.1, -0.05) is 44.0 Å². The first-order chi connectivity index (χ1) is 17.9. The highest BCUT2D eigenvalue weighted by molar-refractivity contribution is 6.31. The molecule has 0 unspecified atom stereocenters.